The first-order valence-corrected chi connectivity index (χ1v) is 8.39. The molecule has 1 heterocycles. The number of carbonyl (C=O) groups excluding carboxylic acids is 2. The Hall–Kier alpha value is -2.69. The summed E-state index contributed by atoms with van der Waals surface area (Å²) < 4.78 is 13.0. The van der Waals surface area contributed by atoms with E-state index in [0.717, 1.165) is 11.1 Å². The zero-order valence-electron chi connectivity index (χ0n) is 14.2. The quantitative estimate of drug-likeness (QED) is 0.862. The first-order valence-electron chi connectivity index (χ1n) is 8.39. The molecule has 1 fully saturated rings. The second-order valence-corrected chi connectivity index (χ2v) is 6.28. The van der Waals surface area contributed by atoms with Crippen LogP contribution in [0.4, 0.5) is 4.39 Å². The van der Waals surface area contributed by atoms with Gasteiger partial charge < -0.3 is 9.80 Å². The van der Waals surface area contributed by atoms with Crippen molar-refractivity contribution in [3.8, 4) is 0 Å². The van der Waals surface area contributed by atoms with E-state index in [1.165, 1.54) is 12.1 Å². The average molecular weight is 340 g/mol. The van der Waals surface area contributed by atoms with Gasteiger partial charge in [-0.15, -0.1) is 0 Å². The Morgan fingerprint density at radius 1 is 1.04 bits per heavy atom. The van der Waals surface area contributed by atoms with Gasteiger partial charge in [-0.3, -0.25) is 9.59 Å². The van der Waals surface area contributed by atoms with Gasteiger partial charge in [-0.1, -0.05) is 42.5 Å². The van der Waals surface area contributed by atoms with Crippen LogP contribution in [0.3, 0.4) is 0 Å². The number of piperazine rings is 1. The summed E-state index contributed by atoms with van der Waals surface area (Å²) in [5.74, 6) is -0.302. The van der Waals surface area contributed by atoms with Crippen LogP contribution in [0.15, 0.2) is 54.6 Å². The summed E-state index contributed by atoms with van der Waals surface area (Å²) in [6, 6.07) is 15.6. The number of nitrogens with zero attached hydrogens (tertiary/aromatic N) is 2. The molecule has 2 aromatic carbocycles. The lowest BCUT2D eigenvalue weighted by atomic mass is 10.0. The van der Waals surface area contributed by atoms with Gasteiger partial charge in [0, 0.05) is 26.6 Å². The van der Waals surface area contributed by atoms with Crippen LogP contribution in [0.25, 0.3) is 0 Å². The molecule has 0 unspecified atom stereocenters. The van der Waals surface area contributed by atoms with Crippen molar-refractivity contribution in [3.05, 3.63) is 71.5 Å². The smallest absolute Gasteiger partial charge is 0.227 e. The molecule has 1 aliphatic rings. The molecule has 2 aromatic rings. The van der Waals surface area contributed by atoms with E-state index in [1.807, 2.05) is 35.2 Å². The Morgan fingerprint density at radius 2 is 1.72 bits per heavy atom. The van der Waals surface area contributed by atoms with Crippen LogP contribution < -0.4 is 0 Å². The topological polar surface area (TPSA) is 40.6 Å². The molecule has 5 heteroatoms. The minimum absolute atomic E-state index is 0.0105. The summed E-state index contributed by atoms with van der Waals surface area (Å²) in [4.78, 5) is 28.2. The summed E-state index contributed by atoms with van der Waals surface area (Å²) in [5, 5.41) is 0. The van der Waals surface area contributed by atoms with E-state index >= 15 is 0 Å². The van der Waals surface area contributed by atoms with Gasteiger partial charge in [-0.2, -0.15) is 0 Å². The van der Waals surface area contributed by atoms with E-state index in [2.05, 4.69) is 0 Å². The lowest BCUT2D eigenvalue weighted by Gasteiger charge is -2.41. The Morgan fingerprint density at radius 3 is 2.36 bits per heavy atom. The summed E-state index contributed by atoms with van der Waals surface area (Å²) in [6.07, 6.45) is 0.226. The van der Waals surface area contributed by atoms with E-state index in [-0.39, 0.29) is 30.1 Å². The van der Waals surface area contributed by atoms with Gasteiger partial charge in [-0.05, 0) is 23.3 Å². The number of hydrogen-bond donors (Lipinski definition) is 0. The minimum atomic E-state index is -0.312. The number of hydrogen-bond acceptors (Lipinski definition) is 2. The Kier molecular flexibility index (Phi) is 5.12. The second-order valence-electron chi connectivity index (χ2n) is 6.28. The fourth-order valence-electron chi connectivity index (χ4n) is 3.21. The monoisotopic (exact) mass is 340 g/mol. The molecule has 0 saturated carbocycles. The van der Waals surface area contributed by atoms with Gasteiger partial charge in [0.15, 0.2) is 0 Å². The maximum atomic E-state index is 13.0. The maximum absolute atomic E-state index is 13.0. The molecule has 130 valence electrons. The van der Waals surface area contributed by atoms with Gasteiger partial charge in [-0.25, -0.2) is 4.39 Å². The zero-order chi connectivity index (χ0) is 17.8. The van der Waals surface area contributed by atoms with Gasteiger partial charge in [0.1, 0.15) is 5.82 Å². The summed E-state index contributed by atoms with van der Waals surface area (Å²) in [6.45, 7) is 3.08. The van der Waals surface area contributed by atoms with Crippen molar-refractivity contribution in [2.24, 2.45) is 0 Å². The highest BCUT2D eigenvalue weighted by atomic mass is 19.1. The normalized spacial score (nSPS) is 17.4. The molecule has 0 bridgehead atoms. The molecular formula is C20H21FN2O2. The maximum Gasteiger partial charge on any atom is 0.227 e. The highest BCUT2D eigenvalue weighted by molar-refractivity contribution is 5.80. The predicted molar refractivity (Wildman–Crippen MR) is 93.3 cm³/mol. The minimum Gasteiger partial charge on any atom is -0.339 e. The van der Waals surface area contributed by atoms with Crippen molar-refractivity contribution < 1.29 is 14.0 Å². The third kappa shape index (κ3) is 4.05. The van der Waals surface area contributed by atoms with Gasteiger partial charge in [0.25, 0.3) is 0 Å². The van der Waals surface area contributed by atoms with E-state index in [1.54, 1.807) is 24.0 Å². The molecule has 1 aliphatic heterocycles. The van der Waals surface area contributed by atoms with Crippen molar-refractivity contribution in [2.45, 2.75) is 19.4 Å². The molecule has 2 amide bonds. The van der Waals surface area contributed by atoms with Crippen LogP contribution in [-0.4, -0.2) is 41.2 Å². The second kappa shape index (κ2) is 7.47. The highest BCUT2D eigenvalue weighted by Gasteiger charge is 2.32. The Labute approximate surface area is 146 Å². The molecule has 0 aromatic heterocycles. The van der Waals surface area contributed by atoms with E-state index in [4.69, 9.17) is 0 Å². The van der Waals surface area contributed by atoms with Crippen molar-refractivity contribution in [2.75, 3.05) is 19.6 Å². The SMILES string of the molecule is CC(=O)N1CCN(C(=O)Cc2ccc(F)cc2)[C@H](c2ccccc2)C1. The zero-order valence-corrected chi connectivity index (χ0v) is 14.2. The van der Waals surface area contributed by atoms with Crippen LogP contribution in [0, 0.1) is 5.82 Å². The number of carbonyl (C=O) groups is 2. The van der Waals surface area contributed by atoms with Crippen molar-refractivity contribution in [1.82, 2.24) is 9.80 Å². The molecule has 0 N–H and O–H groups in total. The van der Waals surface area contributed by atoms with Crippen molar-refractivity contribution in [1.29, 1.82) is 0 Å². The fraction of sp³-hybridized carbons (Fsp3) is 0.300. The molecule has 0 aliphatic carbocycles. The van der Waals surface area contributed by atoms with Crippen molar-refractivity contribution in [3.63, 3.8) is 0 Å². The molecule has 4 nitrogen and oxygen atoms in total. The van der Waals surface area contributed by atoms with Crippen LogP contribution in [0.5, 0.6) is 0 Å². The van der Waals surface area contributed by atoms with Crippen LogP contribution >= 0.6 is 0 Å². The first kappa shape index (κ1) is 17.1. The molecule has 0 radical (unpaired) electrons. The third-order valence-electron chi connectivity index (χ3n) is 4.60. The van der Waals surface area contributed by atoms with Crippen LogP contribution in [-0.2, 0) is 16.0 Å². The Balaban J connectivity index is 1.80. The third-order valence-corrected chi connectivity index (χ3v) is 4.60. The fourth-order valence-corrected chi connectivity index (χ4v) is 3.21. The standard InChI is InChI=1S/C20H21FN2O2/c1-15(24)22-11-12-23(19(14-22)17-5-3-2-4-6-17)20(25)13-16-7-9-18(21)10-8-16/h2-10,19H,11-14H2,1H3/t19-/m0/s1. The molecular weight excluding hydrogens is 319 g/mol. The highest BCUT2D eigenvalue weighted by Crippen LogP contribution is 2.26. The Bertz CT molecular complexity index is 746. The average Bonchev–Trinajstić information content (AvgIpc) is 2.63. The lowest BCUT2D eigenvalue weighted by Crippen LogP contribution is -2.52. The number of amides is 2. The summed E-state index contributed by atoms with van der Waals surface area (Å²) in [7, 11) is 0. The first-order chi connectivity index (χ1) is 12.0. The predicted octanol–water partition coefficient (Wildman–Crippen LogP) is 2.80. The number of rotatable bonds is 3. The summed E-state index contributed by atoms with van der Waals surface area (Å²) >= 11 is 0. The molecule has 25 heavy (non-hydrogen) atoms. The summed E-state index contributed by atoms with van der Waals surface area (Å²) in [5.41, 5.74) is 1.80. The number of halogens is 1. The van der Waals surface area contributed by atoms with E-state index < -0.39 is 0 Å². The number of benzene rings is 2. The van der Waals surface area contributed by atoms with Crippen LogP contribution in [0.1, 0.15) is 24.1 Å². The van der Waals surface area contributed by atoms with Crippen LogP contribution in [0.2, 0.25) is 0 Å². The van der Waals surface area contributed by atoms with Gasteiger partial charge >= 0.3 is 0 Å². The van der Waals surface area contributed by atoms with E-state index in [9.17, 15) is 14.0 Å². The molecule has 1 saturated heterocycles. The lowest BCUT2D eigenvalue weighted by molar-refractivity contribution is -0.141. The van der Waals surface area contributed by atoms with Crippen molar-refractivity contribution >= 4 is 11.8 Å². The van der Waals surface area contributed by atoms with Gasteiger partial charge in [0.05, 0.1) is 12.5 Å². The molecule has 3 rings (SSSR count). The molecule has 1 atom stereocenters. The molecule has 0 spiro atoms. The van der Waals surface area contributed by atoms with Gasteiger partial charge in [0.2, 0.25) is 11.8 Å². The van der Waals surface area contributed by atoms with E-state index in [0.29, 0.717) is 19.6 Å². The largest absolute Gasteiger partial charge is 0.339 e.